The van der Waals surface area contributed by atoms with Gasteiger partial charge in [-0.1, -0.05) is 0 Å². The SMILES string of the molecule is N=[N+]=NC[C@@H]1C[C@@H](Oc2cnc(C3CC3)cn2)CN1C(=O)O. The molecule has 1 aromatic rings. The standard InChI is InChI=1S/C13H16N6O3/c14-18-17-4-9-3-10(7-19(9)13(20)21)22-12-6-15-11(5-16-12)8-1-2-8/h5-6,8-10,14H,1-4,7H2/p+1/t9-,10+/m0/s1. The zero-order valence-corrected chi connectivity index (χ0v) is 11.9. The van der Waals surface area contributed by atoms with Crippen LogP contribution in [0.15, 0.2) is 17.5 Å². The highest BCUT2D eigenvalue weighted by Gasteiger charge is 2.37. The van der Waals surface area contributed by atoms with E-state index < -0.39 is 6.09 Å². The molecule has 0 spiro atoms. The molecule has 9 nitrogen and oxygen atoms in total. The number of hydrogen-bond donors (Lipinski definition) is 2. The van der Waals surface area contributed by atoms with E-state index in [1.165, 1.54) is 4.90 Å². The van der Waals surface area contributed by atoms with Crippen LogP contribution in [0.25, 0.3) is 0 Å². The molecule has 9 heteroatoms. The molecule has 1 aliphatic carbocycles. The monoisotopic (exact) mass is 305 g/mol. The molecule has 1 saturated carbocycles. The van der Waals surface area contributed by atoms with Crippen molar-refractivity contribution in [3.8, 4) is 5.88 Å². The van der Waals surface area contributed by atoms with Gasteiger partial charge in [-0.25, -0.2) is 9.78 Å². The van der Waals surface area contributed by atoms with Crippen molar-refractivity contribution in [3.05, 3.63) is 18.1 Å². The number of ether oxygens (including phenoxy) is 1. The van der Waals surface area contributed by atoms with Gasteiger partial charge in [-0.3, -0.25) is 9.88 Å². The van der Waals surface area contributed by atoms with Crippen LogP contribution in [-0.2, 0) is 0 Å². The van der Waals surface area contributed by atoms with Crippen molar-refractivity contribution < 1.29 is 14.6 Å². The minimum atomic E-state index is -1.02. The van der Waals surface area contributed by atoms with E-state index in [1.54, 1.807) is 12.4 Å². The number of likely N-dealkylation sites (tertiary alicyclic amines) is 1. The molecule has 3 rings (SSSR count). The number of carbonyl (C=O) groups is 1. The van der Waals surface area contributed by atoms with Crippen molar-refractivity contribution in [1.29, 1.82) is 5.53 Å². The van der Waals surface area contributed by atoms with Gasteiger partial charge < -0.3 is 9.84 Å². The Morgan fingerprint density at radius 2 is 2.32 bits per heavy atom. The third-order valence-corrected chi connectivity index (χ3v) is 3.92. The van der Waals surface area contributed by atoms with Crippen LogP contribution < -0.4 is 9.65 Å². The Labute approximate surface area is 126 Å². The van der Waals surface area contributed by atoms with Crippen molar-refractivity contribution in [2.45, 2.75) is 37.3 Å². The maximum Gasteiger partial charge on any atom is 0.407 e. The Bertz CT molecular complexity index is 596. The van der Waals surface area contributed by atoms with Gasteiger partial charge in [-0.05, 0) is 12.8 Å². The van der Waals surface area contributed by atoms with E-state index in [4.69, 9.17) is 10.3 Å². The summed E-state index contributed by atoms with van der Waals surface area (Å²) in [6.07, 6.45) is 4.83. The number of nitrogens with zero attached hydrogens (tertiary/aromatic N) is 5. The highest BCUT2D eigenvalue weighted by atomic mass is 16.5. The molecule has 2 aliphatic rings. The molecular weight excluding hydrogens is 288 g/mol. The molecule has 1 saturated heterocycles. The minimum absolute atomic E-state index is 0.169. The lowest BCUT2D eigenvalue weighted by atomic mass is 10.2. The molecule has 2 N–H and O–H groups in total. The first-order valence-corrected chi connectivity index (χ1v) is 7.18. The van der Waals surface area contributed by atoms with Gasteiger partial charge in [0.1, 0.15) is 23.3 Å². The van der Waals surface area contributed by atoms with E-state index in [0.717, 1.165) is 18.5 Å². The van der Waals surface area contributed by atoms with Crippen LogP contribution in [0, 0.1) is 5.53 Å². The molecule has 1 aromatic heterocycles. The summed E-state index contributed by atoms with van der Waals surface area (Å²) in [4.78, 5) is 24.0. The van der Waals surface area contributed by atoms with E-state index >= 15 is 0 Å². The maximum absolute atomic E-state index is 11.2. The van der Waals surface area contributed by atoms with Crippen molar-refractivity contribution in [2.75, 3.05) is 13.1 Å². The van der Waals surface area contributed by atoms with Crippen molar-refractivity contribution >= 4 is 6.09 Å². The van der Waals surface area contributed by atoms with E-state index in [1.807, 2.05) is 0 Å². The van der Waals surface area contributed by atoms with Crippen molar-refractivity contribution in [1.82, 2.24) is 19.8 Å². The van der Waals surface area contributed by atoms with Crippen LogP contribution in [0.4, 0.5) is 4.79 Å². The predicted molar refractivity (Wildman–Crippen MR) is 73.7 cm³/mol. The fourth-order valence-corrected chi connectivity index (χ4v) is 2.65. The Morgan fingerprint density at radius 1 is 1.50 bits per heavy atom. The smallest absolute Gasteiger partial charge is 0.407 e. The van der Waals surface area contributed by atoms with Crippen LogP contribution >= 0.6 is 0 Å². The summed E-state index contributed by atoms with van der Waals surface area (Å²) in [5.41, 5.74) is 7.66. The number of nitrogens with one attached hydrogen (secondary N) is 1. The second kappa shape index (κ2) is 6.07. The summed E-state index contributed by atoms with van der Waals surface area (Å²) in [5, 5.41) is 12.8. The molecule has 0 unspecified atom stereocenters. The summed E-state index contributed by atoms with van der Waals surface area (Å²) < 4.78 is 5.72. The van der Waals surface area contributed by atoms with E-state index in [-0.39, 0.29) is 25.2 Å². The number of hydrogen-bond acceptors (Lipinski definition) is 6. The molecular formula is C13H17N6O3+. The summed E-state index contributed by atoms with van der Waals surface area (Å²) in [7, 11) is 0. The molecule has 22 heavy (non-hydrogen) atoms. The second-order valence-corrected chi connectivity index (χ2v) is 5.54. The highest BCUT2D eigenvalue weighted by molar-refractivity contribution is 5.66. The van der Waals surface area contributed by atoms with Crippen LogP contribution in [0.2, 0.25) is 0 Å². The number of aromatic nitrogens is 2. The molecule has 0 aromatic carbocycles. The van der Waals surface area contributed by atoms with Gasteiger partial charge in [-0.15, -0.1) is 0 Å². The fraction of sp³-hybridized carbons (Fsp3) is 0.615. The summed E-state index contributed by atoms with van der Waals surface area (Å²) >= 11 is 0. The van der Waals surface area contributed by atoms with Crippen LogP contribution in [-0.4, -0.2) is 51.3 Å². The number of amides is 1. The minimum Gasteiger partial charge on any atom is -0.471 e. The fourth-order valence-electron chi connectivity index (χ4n) is 2.65. The zero-order chi connectivity index (χ0) is 15.5. The van der Waals surface area contributed by atoms with Crippen LogP contribution in [0.3, 0.4) is 0 Å². The van der Waals surface area contributed by atoms with E-state index in [2.05, 4.69) is 20.0 Å². The van der Waals surface area contributed by atoms with Crippen LogP contribution in [0.1, 0.15) is 30.9 Å². The average molecular weight is 305 g/mol. The molecule has 116 valence electrons. The van der Waals surface area contributed by atoms with Gasteiger partial charge in [0, 0.05) is 12.3 Å². The predicted octanol–water partition coefficient (Wildman–Crippen LogP) is 1.40. The first kappa shape index (κ1) is 14.4. The topological polar surface area (TPSA) is 126 Å². The molecule has 2 heterocycles. The van der Waals surface area contributed by atoms with Gasteiger partial charge >= 0.3 is 6.09 Å². The maximum atomic E-state index is 11.2. The molecule has 2 atom stereocenters. The summed E-state index contributed by atoms with van der Waals surface area (Å²) in [6, 6.07) is -0.324. The molecule has 0 bridgehead atoms. The second-order valence-electron chi connectivity index (χ2n) is 5.54. The first-order valence-electron chi connectivity index (χ1n) is 7.18. The Morgan fingerprint density at radius 3 is 2.91 bits per heavy atom. The quantitative estimate of drug-likeness (QED) is 0.628. The van der Waals surface area contributed by atoms with Crippen LogP contribution in [0.5, 0.6) is 5.88 Å². The van der Waals surface area contributed by atoms with Crippen molar-refractivity contribution in [3.63, 3.8) is 0 Å². The lowest BCUT2D eigenvalue weighted by Crippen LogP contribution is -2.36. The van der Waals surface area contributed by atoms with Gasteiger partial charge in [0.2, 0.25) is 10.8 Å². The molecule has 0 radical (unpaired) electrons. The summed E-state index contributed by atoms with van der Waals surface area (Å²) in [5.74, 6) is 0.942. The van der Waals surface area contributed by atoms with Crippen molar-refractivity contribution in [2.24, 2.45) is 5.11 Å². The first-order chi connectivity index (χ1) is 10.7. The van der Waals surface area contributed by atoms with E-state index in [9.17, 15) is 9.90 Å². The molecule has 1 aliphatic heterocycles. The molecule has 1 amide bonds. The van der Waals surface area contributed by atoms with Gasteiger partial charge in [0.05, 0.1) is 30.7 Å². The van der Waals surface area contributed by atoms with Gasteiger partial charge in [0.15, 0.2) is 0 Å². The number of rotatable bonds is 5. The lowest BCUT2D eigenvalue weighted by Gasteiger charge is -2.16. The third kappa shape index (κ3) is 3.20. The molecule has 2 fully saturated rings. The Balaban J connectivity index is 1.62. The third-order valence-electron chi connectivity index (χ3n) is 3.92. The lowest BCUT2D eigenvalue weighted by molar-refractivity contribution is 0.134. The largest absolute Gasteiger partial charge is 0.471 e. The average Bonchev–Trinajstić information content (AvgIpc) is 3.27. The Kier molecular flexibility index (Phi) is 3.97. The van der Waals surface area contributed by atoms with E-state index in [0.29, 0.717) is 18.2 Å². The van der Waals surface area contributed by atoms with Gasteiger partial charge in [0.25, 0.3) is 0 Å². The van der Waals surface area contributed by atoms with Gasteiger partial charge in [-0.2, -0.15) is 0 Å². The Hall–Kier alpha value is -2.54. The summed E-state index contributed by atoms with van der Waals surface area (Å²) in [6.45, 7) is 0.418. The highest BCUT2D eigenvalue weighted by Crippen LogP contribution is 2.38. The number of carboxylic acid groups (broad SMARTS) is 1. The normalized spacial score (nSPS) is 23.9. The zero-order valence-electron chi connectivity index (χ0n) is 11.9.